The molecule has 7 heteroatoms. The van der Waals surface area contributed by atoms with Crippen LogP contribution in [0.15, 0.2) is 54.6 Å². The smallest absolute Gasteiger partial charge is 0.335 e. The minimum atomic E-state index is -0.951. The number of carboxylic acids is 1. The van der Waals surface area contributed by atoms with E-state index in [0.717, 1.165) is 30.2 Å². The lowest BCUT2D eigenvalue weighted by molar-refractivity contribution is 0.0697. The summed E-state index contributed by atoms with van der Waals surface area (Å²) in [5.74, 6) is 1.90. The van der Waals surface area contributed by atoms with Crippen LogP contribution >= 0.6 is 0 Å². The molecule has 2 aromatic carbocycles. The summed E-state index contributed by atoms with van der Waals surface area (Å²) in [6.45, 7) is 2.56. The molecular formula is C21H22N4O3. The zero-order chi connectivity index (χ0) is 19.9. The van der Waals surface area contributed by atoms with Crippen molar-refractivity contribution >= 4 is 23.3 Å². The van der Waals surface area contributed by atoms with E-state index < -0.39 is 5.97 Å². The Hall–Kier alpha value is -3.61. The largest absolute Gasteiger partial charge is 0.497 e. The number of hydrogen-bond donors (Lipinski definition) is 3. The van der Waals surface area contributed by atoms with E-state index in [1.54, 1.807) is 31.4 Å². The molecule has 1 aromatic heterocycles. The first-order chi connectivity index (χ1) is 13.5. The summed E-state index contributed by atoms with van der Waals surface area (Å²) in [6.07, 6.45) is 0.854. The Morgan fingerprint density at radius 3 is 2.36 bits per heavy atom. The number of hydrogen-bond acceptors (Lipinski definition) is 6. The van der Waals surface area contributed by atoms with Gasteiger partial charge in [0.05, 0.1) is 12.7 Å². The van der Waals surface area contributed by atoms with Gasteiger partial charge >= 0.3 is 5.97 Å². The number of aromatic carboxylic acids is 1. The first kappa shape index (κ1) is 19.2. The van der Waals surface area contributed by atoms with Gasteiger partial charge in [0, 0.05) is 18.3 Å². The molecule has 0 saturated heterocycles. The van der Waals surface area contributed by atoms with Gasteiger partial charge < -0.3 is 20.5 Å². The molecule has 1 heterocycles. The van der Waals surface area contributed by atoms with Crippen molar-refractivity contribution in [2.45, 2.75) is 13.3 Å². The monoisotopic (exact) mass is 378 g/mol. The number of ether oxygens (including phenoxy) is 1. The highest BCUT2D eigenvalue weighted by atomic mass is 16.5. The molecule has 144 valence electrons. The fraction of sp³-hybridized carbons (Fsp3) is 0.190. The first-order valence-corrected chi connectivity index (χ1v) is 8.86. The fourth-order valence-electron chi connectivity index (χ4n) is 2.69. The van der Waals surface area contributed by atoms with E-state index in [9.17, 15) is 4.79 Å². The average Bonchev–Trinajstić information content (AvgIpc) is 2.68. The van der Waals surface area contributed by atoms with Gasteiger partial charge in [-0.1, -0.05) is 12.1 Å². The van der Waals surface area contributed by atoms with E-state index in [0.29, 0.717) is 11.6 Å². The van der Waals surface area contributed by atoms with Crippen molar-refractivity contribution in [3.8, 4) is 5.75 Å². The van der Waals surface area contributed by atoms with Crippen LogP contribution < -0.4 is 15.4 Å². The topological polar surface area (TPSA) is 96.4 Å². The molecule has 3 N–H and O–H groups in total. The van der Waals surface area contributed by atoms with Crippen molar-refractivity contribution in [1.82, 2.24) is 9.97 Å². The van der Waals surface area contributed by atoms with E-state index in [4.69, 9.17) is 9.84 Å². The number of rotatable bonds is 8. The minimum absolute atomic E-state index is 0.241. The number of anilines is 3. The second kappa shape index (κ2) is 8.85. The summed E-state index contributed by atoms with van der Waals surface area (Å²) in [4.78, 5) is 19.7. The van der Waals surface area contributed by atoms with Crippen LogP contribution in [0.4, 0.5) is 17.3 Å². The average molecular weight is 378 g/mol. The summed E-state index contributed by atoms with van der Waals surface area (Å²) in [5, 5.41) is 15.5. The van der Waals surface area contributed by atoms with Gasteiger partial charge in [-0.2, -0.15) is 0 Å². The lowest BCUT2D eigenvalue weighted by Gasteiger charge is -2.11. The van der Waals surface area contributed by atoms with Crippen molar-refractivity contribution < 1.29 is 14.6 Å². The Morgan fingerprint density at radius 1 is 1.04 bits per heavy atom. The maximum atomic E-state index is 10.9. The van der Waals surface area contributed by atoms with Crippen molar-refractivity contribution in [1.29, 1.82) is 0 Å². The van der Waals surface area contributed by atoms with Crippen LogP contribution in [0.3, 0.4) is 0 Å². The normalized spacial score (nSPS) is 10.4. The predicted octanol–water partition coefficient (Wildman–Crippen LogP) is 3.89. The number of carbonyl (C=O) groups is 1. The molecule has 0 amide bonds. The summed E-state index contributed by atoms with van der Waals surface area (Å²) in [7, 11) is 1.65. The van der Waals surface area contributed by atoms with E-state index in [1.807, 2.05) is 37.3 Å². The Morgan fingerprint density at radius 2 is 1.71 bits per heavy atom. The number of nitrogens with zero attached hydrogens (tertiary/aromatic N) is 2. The molecule has 0 radical (unpaired) electrons. The van der Waals surface area contributed by atoms with E-state index in [-0.39, 0.29) is 5.56 Å². The second-order valence-electron chi connectivity index (χ2n) is 6.22. The van der Waals surface area contributed by atoms with Gasteiger partial charge in [-0.15, -0.1) is 0 Å². The van der Waals surface area contributed by atoms with Gasteiger partial charge in [0.15, 0.2) is 0 Å². The summed E-state index contributed by atoms with van der Waals surface area (Å²) >= 11 is 0. The van der Waals surface area contributed by atoms with Gasteiger partial charge in [0.2, 0.25) is 0 Å². The summed E-state index contributed by atoms with van der Waals surface area (Å²) in [6, 6.07) is 16.3. The van der Waals surface area contributed by atoms with E-state index >= 15 is 0 Å². The van der Waals surface area contributed by atoms with Crippen LogP contribution in [0.5, 0.6) is 5.75 Å². The van der Waals surface area contributed by atoms with Gasteiger partial charge in [-0.3, -0.25) is 0 Å². The van der Waals surface area contributed by atoms with Crippen molar-refractivity contribution in [3.05, 3.63) is 71.5 Å². The SMILES string of the molecule is COc1ccc(CCNc2cc(Nc3ccc(C(=O)O)cc3)nc(C)n2)cc1. The number of nitrogens with one attached hydrogen (secondary N) is 2. The quantitative estimate of drug-likeness (QED) is 0.547. The summed E-state index contributed by atoms with van der Waals surface area (Å²) in [5.41, 5.74) is 2.20. The van der Waals surface area contributed by atoms with Crippen LogP contribution in [-0.2, 0) is 6.42 Å². The van der Waals surface area contributed by atoms with Crippen molar-refractivity contribution in [3.63, 3.8) is 0 Å². The van der Waals surface area contributed by atoms with E-state index in [2.05, 4.69) is 20.6 Å². The molecule has 0 fully saturated rings. The molecule has 0 spiro atoms. The molecule has 7 nitrogen and oxygen atoms in total. The van der Waals surface area contributed by atoms with Crippen LogP contribution in [0.1, 0.15) is 21.7 Å². The van der Waals surface area contributed by atoms with Crippen LogP contribution in [0.2, 0.25) is 0 Å². The highest BCUT2D eigenvalue weighted by molar-refractivity contribution is 5.88. The molecule has 0 unspecified atom stereocenters. The molecular weight excluding hydrogens is 356 g/mol. The number of aryl methyl sites for hydroxylation is 1. The second-order valence-corrected chi connectivity index (χ2v) is 6.22. The third-order valence-electron chi connectivity index (χ3n) is 4.12. The Kier molecular flexibility index (Phi) is 6.06. The molecule has 0 bridgehead atoms. The van der Waals surface area contributed by atoms with Gasteiger partial charge in [0.1, 0.15) is 23.2 Å². The number of methoxy groups -OCH3 is 1. The lowest BCUT2D eigenvalue weighted by Crippen LogP contribution is -2.08. The maximum absolute atomic E-state index is 10.9. The number of benzene rings is 2. The van der Waals surface area contributed by atoms with E-state index in [1.165, 1.54) is 5.56 Å². The Balaban J connectivity index is 1.61. The third-order valence-corrected chi connectivity index (χ3v) is 4.12. The first-order valence-electron chi connectivity index (χ1n) is 8.86. The maximum Gasteiger partial charge on any atom is 0.335 e. The number of carboxylic acid groups (broad SMARTS) is 1. The Labute approximate surface area is 163 Å². The molecule has 3 rings (SSSR count). The number of aromatic nitrogens is 2. The fourth-order valence-corrected chi connectivity index (χ4v) is 2.69. The minimum Gasteiger partial charge on any atom is -0.497 e. The molecule has 0 saturated carbocycles. The standard InChI is InChI=1S/C21H22N4O3/c1-14-23-19(22-12-11-15-3-9-18(28-2)10-4-15)13-20(24-14)25-17-7-5-16(6-8-17)21(26)27/h3-10,13H,11-12H2,1-2H3,(H,26,27)(H2,22,23,24,25). The highest BCUT2D eigenvalue weighted by Crippen LogP contribution is 2.18. The molecule has 0 aliphatic carbocycles. The molecule has 28 heavy (non-hydrogen) atoms. The zero-order valence-corrected chi connectivity index (χ0v) is 15.8. The Bertz CT molecular complexity index is 941. The summed E-state index contributed by atoms with van der Waals surface area (Å²) < 4.78 is 5.17. The zero-order valence-electron chi connectivity index (χ0n) is 15.8. The van der Waals surface area contributed by atoms with Crippen molar-refractivity contribution in [2.75, 3.05) is 24.3 Å². The van der Waals surface area contributed by atoms with Crippen LogP contribution in [-0.4, -0.2) is 34.7 Å². The molecule has 0 aliphatic heterocycles. The van der Waals surface area contributed by atoms with Crippen molar-refractivity contribution in [2.24, 2.45) is 0 Å². The van der Waals surface area contributed by atoms with Gasteiger partial charge in [0.25, 0.3) is 0 Å². The van der Waals surface area contributed by atoms with Gasteiger partial charge in [-0.25, -0.2) is 14.8 Å². The third kappa shape index (κ3) is 5.20. The van der Waals surface area contributed by atoms with Crippen LogP contribution in [0.25, 0.3) is 0 Å². The van der Waals surface area contributed by atoms with Gasteiger partial charge in [-0.05, 0) is 55.3 Å². The van der Waals surface area contributed by atoms with Crippen LogP contribution in [0, 0.1) is 6.92 Å². The molecule has 0 atom stereocenters. The predicted molar refractivity (Wildman–Crippen MR) is 109 cm³/mol. The molecule has 0 aliphatic rings. The highest BCUT2D eigenvalue weighted by Gasteiger charge is 2.05. The molecule has 3 aromatic rings. The lowest BCUT2D eigenvalue weighted by atomic mass is 10.1.